The van der Waals surface area contributed by atoms with E-state index in [4.69, 9.17) is 22.1 Å². The maximum atomic E-state index is 12.2. The van der Waals surface area contributed by atoms with Crippen LogP contribution in [0.25, 0.3) is 0 Å². The molecule has 1 aromatic carbocycles. The van der Waals surface area contributed by atoms with Crippen molar-refractivity contribution in [3.05, 3.63) is 28.8 Å². The zero-order valence-electron chi connectivity index (χ0n) is 11.3. The first kappa shape index (κ1) is 16.1. The van der Waals surface area contributed by atoms with Gasteiger partial charge in [0.1, 0.15) is 0 Å². The molecule has 3 N–H and O–H groups in total. The second-order valence-corrected chi connectivity index (χ2v) is 6.40. The van der Waals surface area contributed by atoms with Gasteiger partial charge in [-0.3, -0.25) is 4.72 Å². The number of nitrogens with one attached hydrogen (secondary N) is 1. The van der Waals surface area contributed by atoms with Crippen molar-refractivity contribution in [2.75, 3.05) is 37.6 Å². The maximum absolute atomic E-state index is 12.2. The summed E-state index contributed by atoms with van der Waals surface area (Å²) in [4.78, 5) is 0. The number of morpholine rings is 1. The number of anilines is 1. The van der Waals surface area contributed by atoms with Gasteiger partial charge >= 0.3 is 10.2 Å². The third kappa shape index (κ3) is 4.33. The Morgan fingerprint density at radius 3 is 2.76 bits per heavy atom. The molecule has 1 aliphatic heterocycles. The van der Waals surface area contributed by atoms with Crippen LogP contribution in [0, 0.1) is 11.8 Å². The molecule has 1 aromatic rings. The van der Waals surface area contributed by atoms with Crippen LogP contribution in [0.3, 0.4) is 0 Å². The van der Waals surface area contributed by atoms with Crippen molar-refractivity contribution in [2.45, 2.75) is 0 Å². The molecule has 1 heterocycles. The summed E-state index contributed by atoms with van der Waals surface area (Å²) in [5.41, 5.74) is 6.26. The summed E-state index contributed by atoms with van der Waals surface area (Å²) in [6.07, 6.45) is 0. The van der Waals surface area contributed by atoms with E-state index in [9.17, 15) is 8.42 Å². The molecule has 8 heteroatoms. The maximum Gasteiger partial charge on any atom is 0.301 e. The predicted molar refractivity (Wildman–Crippen MR) is 82.3 cm³/mol. The largest absolute Gasteiger partial charge is 0.379 e. The van der Waals surface area contributed by atoms with Gasteiger partial charge in [0.15, 0.2) is 0 Å². The van der Waals surface area contributed by atoms with E-state index in [0.29, 0.717) is 42.6 Å². The van der Waals surface area contributed by atoms with Crippen LogP contribution in [0.2, 0.25) is 5.02 Å². The standard InChI is InChI=1S/C13H16ClN3O3S/c14-13-4-3-12(10-11(13)2-1-5-15)16-21(18,19)17-6-8-20-9-7-17/h3-4,10,16H,5-9,15H2. The second kappa shape index (κ2) is 7.11. The van der Waals surface area contributed by atoms with E-state index in [-0.39, 0.29) is 6.54 Å². The summed E-state index contributed by atoms with van der Waals surface area (Å²) < 4.78 is 33.5. The molecule has 0 saturated carbocycles. The zero-order chi connectivity index (χ0) is 15.3. The minimum Gasteiger partial charge on any atom is -0.379 e. The first-order valence-electron chi connectivity index (χ1n) is 6.37. The molecule has 0 aliphatic carbocycles. The van der Waals surface area contributed by atoms with Crippen molar-refractivity contribution >= 4 is 27.5 Å². The van der Waals surface area contributed by atoms with Gasteiger partial charge in [-0.15, -0.1) is 0 Å². The average molecular weight is 330 g/mol. The summed E-state index contributed by atoms with van der Waals surface area (Å²) in [7, 11) is -3.60. The first-order chi connectivity index (χ1) is 10.0. The van der Waals surface area contributed by atoms with E-state index in [2.05, 4.69) is 16.6 Å². The number of hydrogen-bond acceptors (Lipinski definition) is 4. The summed E-state index contributed by atoms with van der Waals surface area (Å²) in [5, 5.41) is 0.449. The quantitative estimate of drug-likeness (QED) is 0.797. The Hall–Kier alpha value is -1.30. The van der Waals surface area contributed by atoms with Gasteiger partial charge in [-0.25, -0.2) is 0 Å². The lowest BCUT2D eigenvalue weighted by molar-refractivity contribution is 0.0733. The highest BCUT2D eigenvalue weighted by molar-refractivity contribution is 7.90. The minimum atomic E-state index is -3.60. The molecule has 0 atom stereocenters. The summed E-state index contributed by atoms with van der Waals surface area (Å²) in [5.74, 6) is 5.49. The molecule has 0 spiro atoms. The highest BCUT2D eigenvalue weighted by Crippen LogP contribution is 2.21. The molecule has 0 bridgehead atoms. The normalized spacial score (nSPS) is 16.1. The fourth-order valence-corrected chi connectivity index (χ4v) is 3.18. The monoisotopic (exact) mass is 329 g/mol. The van der Waals surface area contributed by atoms with E-state index in [1.165, 1.54) is 4.31 Å². The number of rotatable bonds is 3. The number of benzene rings is 1. The second-order valence-electron chi connectivity index (χ2n) is 4.32. The van der Waals surface area contributed by atoms with E-state index < -0.39 is 10.2 Å². The molecule has 0 radical (unpaired) electrons. The third-order valence-corrected chi connectivity index (χ3v) is 4.72. The molecular formula is C13H16ClN3O3S. The highest BCUT2D eigenvalue weighted by Gasteiger charge is 2.24. The van der Waals surface area contributed by atoms with E-state index in [1.807, 2.05) is 0 Å². The third-order valence-electron chi connectivity index (χ3n) is 2.85. The highest BCUT2D eigenvalue weighted by atomic mass is 35.5. The van der Waals surface area contributed by atoms with Crippen molar-refractivity contribution in [2.24, 2.45) is 5.73 Å². The molecule has 114 valence electrons. The Labute approximate surface area is 129 Å². The Kier molecular flexibility index (Phi) is 5.45. The fraction of sp³-hybridized carbons (Fsp3) is 0.385. The van der Waals surface area contributed by atoms with Gasteiger partial charge in [-0.2, -0.15) is 12.7 Å². The van der Waals surface area contributed by atoms with Crippen molar-refractivity contribution in [3.8, 4) is 11.8 Å². The molecular weight excluding hydrogens is 314 g/mol. The van der Waals surface area contributed by atoms with Crippen molar-refractivity contribution in [1.29, 1.82) is 0 Å². The zero-order valence-corrected chi connectivity index (χ0v) is 12.9. The summed E-state index contributed by atoms with van der Waals surface area (Å²) in [6, 6.07) is 4.77. The van der Waals surface area contributed by atoms with Crippen LogP contribution < -0.4 is 10.5 Å². The Morgan fingerprint density at radius 2 is 2.10 bits per heavy atom. The van der Waals surface area contributed by atoms with Gasteiger partial charge in [-0.05, 0) is 18.2 Å². The van der Waals surface area contributed by atoms with Crippen LogP contribution in [0.5, 0.6) is 0 Å². The van der Waals surface area contributed by atoms with E-state index >= 15 is 0 Å². The van der Waals surface area contributed by atoms with Gasteiger partial charge in [0.05, 0.1) is 30.5 Å². The topological polar surface area (TPSA) is 84.7 Å². The molecule has 0 amide bonds. The number of nitrogens with zero attached hydrogens (tertiary/aromatic N) is 1. The van der Waals surface area contributed by atoms with Gasteiger partial charge in [0.2, 0.25) is 0 Å². The van der Waals surface area contributed by atoms with Crippen LogP contribution in [0.15, 0.2) is 18.2 Å². The molecule has 1 aliphatic rings. The van der Waals surface area contributed by atoms with Gasteiger partial charge < -0.3 is 10.5 Å². The molecule has 1 fully saturated rings. The van der Waals surface area contributed by atoms with E-state index in [1.54, 1.807) is 18.2 Å². The smallest absolute Gasteiger partial charge is 0.301 e. The van der Waals surface area contributed by atoms with Crippen molar-refractivity contribution < 1.29 is 13.2 Å². The number of ether oxygens (including phenoxy) is 1. The summed E-state index contributed by atoms with van der Waals surface area (Å²) in [6.45, 7) is 1.68. The van der Waals surface area contributed by atoms with Gasteiger partial charge in [0.25, 0.3) is 0 Å². The predicted octanol–water partition coefficient (Wildman–Crippen LogP) is 0.639. The van der Waals surface area contributed by atoms with Crippen molar-refractivity contribution in [1.82, 2.24) is 4.31 Å². The number of hydrogen-bond donors (Lipinski definition) is 2. The molecule has 0 aromatic heterocycles. The Bertz CT molecular complexity index is 661. The summed E-state index contributed by atoms with van der Waals surface area (Å²) >= 11 is 6.00. The van der Waals surface area contributed by atoms with Crippen molar-refractivity contribution in [3.63, 3.8) is 0 Å². The average Bonchev–Trinajstić information content (AvgIpc) is 2.48. The van der Waals surface area contributed by atoms with Crippen LogP contribution in [-0.2, 0) is 14.9 Å². The van der Waals surface area contributed by atoms with Crippen LogP contribution >= 0.6 is 11.6 Å². The number of nitrogens with two attached hydrogens (primary N) is 1. The molecule has 1 saturated heterocycles. The molecule has 2 rings (SSSR count). The lowest BCUT2D eigenvalue weighted by Crippen LogP contribution is -2.43. The lowest BCUT2D eigenvalue weighted by Gasteiger charge is -2.26. The van der Waals surface area contributed by atoms with Gasteiger partial charge in [0, 0.05) is 18.7 Å². The van der Waals surface area contributed by atoms with Gasteiger partial charge in [-0.1, -0.05) is 23.4 Å². The molecule has 21 heavy (non-hydrogen) atoms. The van der Waals surface area contributed by atoms with Crippen LogP contribution in [0.4, 0.5) is 5.69 Å². The van der Waals surface area contributed by atoms with Crippen LogP contribution in [-0.4, -0.2) is 45.6 Å². The van der Waals surface area contributed by atoms with E-state index in [0.717, 1.165) is 0 Å². The Balaban J connectivity index is 2.18. The minimum absolute atomic E-state index is 0.208. The van der Waals surface area contributed by atoms with Crippen LogP contribution in [0.1, 0.15) is 5.56 Å². The lowest BCUT2D eigenvalue weighted by atomic mass is 10.2. The molecule has 0 unspecified atom stereocenters. The fourth-order valence-electron chi connectivity index (χ4n) is 1.83. The SMILES string of the molecule is NCC#Cc1cc(NS(=O)(=O)N2CCOCC2)ccc1Cl. The Morgan fingerprint density at radius 1 is 1.38 bits per heavy atom. The first-order valence-corrected chi connectivity index (χ1v) is 8.19. The molecule has 6 nitrogen and oxygen atoms in total. The number of halogens is 1.